The fourth-order valence-electron chi connectivity index (χ4n) is 1.18. The van der Waals surface area contributed by atoms with Gasteiger partial charge in [-0.3, -0.25) is 9.59 Å². The van der Waals surface area contributed by atoms with E-state index in [2.05, 4.69) is 29.0 Å². The minimum absolute atomic E-state index is 0.331. The van der Waals surface area contributed by atoms with Gasteiger partial charge in [0.2, 0.25) is 0 Å². The van der Waals surface area contributed by atoms with Crippen LogP contribution in [0.3, 0.4) is 0 Å². The molecule has 0 aliphatic heterocycles. The quantitative estimate of drug-likeness (QED) is 0.822. The van der Waals surface area contributed by atoms with Crippen molar-refractivity contribution < 1.29 is 14.3 Å². The number of fused-ring (bicyclic) bond motifs is 1. The molecule has 2 aliphatic carbocycles. The first-order valence-corrected chi connectivity index (χ1v) is 5.63. The molecule has 0 saturated heterocycles. The van der Waals surface area contributed by atoms with E-state index in [0.717, 1.165) is 0 Å². The molecule has 0 radical (unpaired) electrons. The Kier molecular flexibility index (Phi) is 4.69. The summed E-state index contributed by atoms with van der Waals surface area (Å²) in [6.07, 6.45) is 0.233. The Labute approximate surface area is 101 Å². The summed E-state index contributed by atoms with van der Waals surface area (Å²) >= 11 is 0. The average molecular weight is 235 g/mol. The summed E-state index contributed by atoms with van der Waals surface area (Å²) in [5.74, 6) is -0.992. The number of carbonyl (C=O) groups is 2. The van der Waals surface area contributed by atoms with Crippen LogP contribution in [-0.2, 0) is 14.3 Å². The smallest absolute Gasteiger partial charge is 0.306 e. The van der Waals surface area contributed by atoms with E-state index in [1.807, 2.05) is 6.92 Å². The first-order valence-electron chi connectivity index (χ1n) is 5.63. The second-order valence-electron chi connectivity index (χ2n) is 3.86. The normalized spacial score (nSPS) is 11.9. The molecule has 4 heteroatoms. The molecular weight excluding hydrogens is 218 g/mol. The fourth-order valence-corrected chi connectivity index (χ4v) is 1.18. The van der Waals surface area contributed by atoms with E-state index in [1.54, 1.807) is 0 Å². The van der Waals surface area contributed by atoms with Gasteiger partial charge in [-0.25, -0.2) is 0 Å². The average Bonchev–Trinajstić information content (AvgIpc) is 2.24. The Bertz CT molecular complexity index is 377. The van der Waals surface area contributed by atoms with Gasteiger partial charge in [-0.1, -0.05) is 31.2 Å². The van der Waals surface area contributed by atoms with Gasteiger partial charge < -0.3 is 10.5 Å². The van der Waals surface area contributed by atoms with E-state index in [1.165, 1.54) is 18.1 Å². The Morgan fingerprint density at radius 3 is 1.94 bits per heavy atom. The first-order chi connectivity index (χ1) is 8.04. The molecule has 92 valence electrons. The van der Waals surface area contributed by atoms with Crippen molar-refractivity contribution in [3.8, 4) is 11.1 Å². The second-order valence-corrected chi connectivity index (χ2v) is 3.86. The number of carbonyl (C=O) groups excluding carboxylic acids is 2. The zero-order valence-electron chi connectivity index (χ0n) is 10.1. The van der Waals surface area contributed by atoms with E-state index >= 15 is 0 Å². The van der Waals surface area contributed by atoms with Gasteiger partial charge >= 0.3 is 5.97 Å². The van der Waals surface area contributed by atoms with Crippen LogP contribution in [0.2, 0.25) is 0 Å². The minimum Gasteiger partial charge on any atom is -0.453 e. The molecule has 2 aliphatic rings. The predicted octanol–water partition coefficient (Wildman–Crippen LogP) is 1.87. The van der Waals surface area contributed by atoms with E-state index in [-0.39, 0.29) is 5.97 Å². The monoisotopic (exact) mass is 235 g/mol. The Morgan fingerprint density at radius 2 is 1.71 bits per heavy atom. The van der Waals surface area contributed by atoms with Crippen molar-refractivity contribution in [2.24, 2.45) is 5.73 Å². The SMILES string of the molecule is CCCC(=O)OC(C)C(N)=O.c1cc2ccc1-2. The summed E-state index contributed by atoms with van der Waals surface area (Å²) < 4.78 is 4.64. The molecule has 4 nitrogen and oxygen atoms in total. The zero-order chi connectivity index (χ0) is 12.8. The summed E-state index contributed by atoms with van der Waals surface area (Å²) in [6, 6.07) is 8.48. The van der Waals surface area contributed by atoms with Gasteiger partial charge in [0.1, 0.15) is 0 Å². The van der Waals surface area contributed by atoms with Crippen molar-refractivity contribution in [3.05, 3.63) is 24.3 Å². The number of esters is 1. The van der Waals surface area contributed by atoms with Crippen LogP contribution in [0.5, 0.6) is 0 Å². The van der Waals surface area contributed by atoms with Gasteiger partial charge in [0.15, 0.2) is 6.10 Å². The molecule has 1 unspecified atom stereocenters. The van der Waals surface area contributed by atoms with Gasteiger partial charge in [0, 0.05) is 6.42 Å². The van der Waals surface area contributed by atoms with Crippen molar-refractivity contribution in [3.63, 3.8) is 0 Å². The predicted molar refractivity (Wildman–Crippen MR) is 65.1 cm³/mol. The van der Waals surface area contributed by atoms with Gasteiger partial charge in [0.25, 0.3) is 5.91 Å². The lowest BCUT2D eigenvalue weighted by Gasteiger charge is -2.10. The topological polar surface area (TPSA) is 69.4 Å². The van der Waals surface area contributed by atoms with E-state index < -0.39 is 12.0 Å². The zero-order valence-corrected chi connectivity index (χ0v) is 10.1. The summed E-state index contributed by atoms with van der Waals surface area (Å²) in [5, 5.41) is 0. The lowest BCUT2D eigenvalue weighted by molar-refractivity contribution is -0.153. The lowest BCUT2D eigenvalue weighted by atomic mass is 9.95. The molecule has 0 aromatic heterocycles. The van der Waals surface area contributed by atoms with Crippen molar-refractivity contribution >= 4 is 11.9 Å². The van der Waals surface area contributed by atoms with Crippen LogP contribution >= 0.6 is 0 Å². The summed E-state index contributed by atoms with van der Waals surface area (Å²) in [7, 11) is 0. The second kappa shape index (κ2) is 6.03. The van der Waals surface area contributed by atoms with Gasteiger partial charge in [-0.05, 0) is 24.5 Å². The highest BCUT2D eigenvalue weighted by atomic mass is 16.5. The fraction of sp³-hybridized carbons (Fsp3) is 0.385. The molecule has 2 N–H and O–H groups in total. The number of hydrogen-bond acceptors (Lipinski definition) is 3. The van der Waals surface area contributed by atoms with Crippen LogP contribution in [0.1, 0.15) is 26.7 Å². The Morgan fingerprint density at radius 1 is 1.24 bits per heavy atom. The van der Waals surface area contributed by atoms with Crippen molar-refractivity contribution in [1.29, 1.82) is 0 Å². The molecule has 1 atom stereocenters. The minimum atomic E-state index is -0.811. The number of nitrogens with two attached hydrogens (primary N) is 1. The summed E-state index contributed by atoms with van der Waals surface area (Å²) in [4.78, 5) is 21.1. The molecule has 0 spiro atoms. The summed E-state index contributed by atoms with van der Waals surface area (Å²) in [5.41, 5.74) is 7.72. The highest BCUT2D eigenvalue weighted by Crippen LogP contribution is 2.29. The highest BCUT2D eigenvalue weighted by molar-refractivity contribution is 5.81. The van der Waals surface area contributed by atoms with Crippen LogP contribution in [0.4, 0.5) is 0 Å². The lowest BCUT2D eigenvalue weighted by Crippen LogP contribution is -2.30. The van der Waals surface area contributed by atoms with Crippen LogP contribution in [0.25, 0.3) is 11.1 Å². The third-order valence-corrected chi connectivity index (χ3v) is 2.38. The third-order valence-electron chi connectivity index (χ3n) is 2.38. The molecular formula is C13H17NO3. The van der Waals surface area contributed by atoms with Crippen LogP contribution < -0.4 is 5.73 Å². The first kappa shape index (κ1) is 13.2. The highest BCUT2D eigenvalue weighted by Gasteiger charge is 2.12. The molecule has 2 rings (SSSR count). The maximum Gasteiger partial charge on any atom is 0.306 e. The van der Waals surface area contributed by atoms with E-state index in [4.69, 9.17) is 5.73 Å². The Balaban J connectivity index is 0.000000196. The molecule has 1 amide bonds. The van der Waals surface area contributed by atoms with E-state index in [9.17, 15) is 9.59 Å². The number of hydrogen-bond donors (Lipinski definition) is 1. The number of amides is 1. The number of ether oxygens (including phenoxy) is 1. The molecule has 0 aromatic rings. The molecule has 0 saturated carbocycles. The molecule has 0 heterocycles. The maximum atomic E-state index is 10.7. The number of primary amides is 1. The van der Waals surface area contributed by atoms with Crippen molar-refractivity contribution in [2.75, 3.05) is 0 Å². The van der Waals surface area contributed by atoms with Crippen molar-refractivity contribution in [2.45, 2.75) is 32.8 Å². The van der Waals surface area contributed by atoms with E-state index in [0.29, 0.717) is 12.8 Å². The van der Waals surface area contributed by atoms with Crippen molar-refractivity contribution in [1.82, 2.24) is 0 Å². The number of rotatable bonds is 4. The van der Waals surface area contributed by atoms with Gasteiger partial charge in [-0.2, -0.15) is 0 Å². The largest absolute Gasteiger partial charge is 0.453 e. The van der Waals surface area contributed by atoms with Gasteiger partial charge in [-0.15, -0.1) is 0 Å². The molecule has 0 bridgehead atoms. The number of benzene rings is 1. The summed E-state index contributed by atoms with van der Waals surface area (Å²) in [6.45, 7) is 3.31. The molecule has 17 heavy (non-hydrogen) atoms. The van der Waals surface area contributed by atoms with Crippen LogP contribution in [0.15, 0.2) is 24.3 Å². The Hall–Kier alpha value is -1.84. The van der Waals surface area contributed by atoms with Gasteiger partial charge in [0.05, 0.1) is 0 Å². The maximum absolute atomic E-state index is 10.7. The third kappa shape index (κ3) is 3.90. The molecule has 0 aromatic carbocycles. The van der Waals surface area contributed by atoms with Crippen LogP contribution in [0, 0.1) is 0 Å². The van der Waals surface area contributed by atoms with Crippen LogP contribution in [-0.4, -0.2) is 18.0 Å². The molecule has 0 fully saturated rings. The standard InChI is InChI=1S/C7H13NO3.C6H4/c1-3-4-6(9)11-5(2)7(8)10;1-2-6-4-3-5(1)6/h5H,3-4H2,1-2H3,(H2,8,10);1-4H.